The van der Waals surface area contributed by atoms with Gasteiger partial charge in [-0.3, -0.25) is 0 Å². The predicted molar refractivity (Wildman–Crippen MR) is 50.5 cm³/mol. The molecule has 0 unspecified atom stereocenters. The van der Waals surface area contributed by atoms with Gasteiger partial charge in [0.1, 0.15) is 11.6 Å². The zero-order chi connectivity index (χ0) is 9.14. The zero-order valence-corrected chi connectivity index (χ0v) is 7.63. The Labute approximate surface area is 72.3 Å². The van der Waals surface area contributed by atoms with Crippen molar-refractivity contribution in [2.24, 2.45) is 0 Å². The highest BCUT2D eigenvalue weighted by Gasteiger charge is 1.95. The first kappa shape index (κ1) is 8.71. The number of hydrogen-bond acceptors (Lipinski definition) is 3. The van der Waals surface area contributed by atoms with Crippen LogP contribution in [0.1, 0.15) is 25.4 Å². The predicted octanol–water partition coefficient (Wildman–Crippen LogP) is 1.79. The normalized spacial score (nSPS) is 9.58. The van der Waals surface area contributed by atoms with Gasteiger partial charge in [-0.15, -0.1) is 0 Å². The van der Waals surface area contributed by atoms with Crippen molar-refractivity contribution in [3.05, 3.63) is 23.2 Å². The lowest BCUT2D eigenvalue weighted by atomic mass is 10.2. The Kier molecular flexibility index (Phi) is 2.43. The van der Waals surface area contributed by atoms with Crippen molar-refractivity contribution in [3.63, 3.8) is 0 Å². The van der Waals surface area contributed by atoms with Crippen LogP contribution < -0.4 is 5.73 Å². The third-order valence-corrected chi connectivity index (χ3v) is 1.31. The number of anilines is 1. The molecule has 3 nitrogen and oxygen atoms in total. The largest absolute Gasteiger partial charge is 0.384 e. The highest BCUT2D eigenvalue weighted by Crippen LogP contribution is 2.06. The van der Waals surface area contributed by atoms with Crippen LogP contribution in [-0.2, 0) is 0 Å². The lowest BCUT2D eigenvalue weighted by Gasteiger charge is -1.98. The third-order valence-electron chi connectivity index (χ3n) is 1.31. The first-order chi connectivity index (χ1) is 5.58. The fourth-order valence-corrected chi connectivity index (χ4v) is 0.984. The number of hydrogen-bond donors (Lipinski definition) is 1. The van der Waals surface area contributed by atoms with E-state index >= 15 is 0 Å². The molecule has 1 aromatic heterocycles. The Morgan fingerprint density at radius 1 is 1.42 bits per heavy atom. The molecule has 0 saturated carbocycles. The summed E-state index contributed by atoms with van der Waals surface area (Å²) in [4.78, 5) is 8.19. The van der Waals surface area contributed by atoms with Gasteiger partial charge in [-0.25, -0.2) is 9.97 Å². The maximum atomic E-state index is 5.55. The zero-order valence-electron chi connectivity index (χ0n) is 7.63. The van der Waals surface area contributed by atoms with Gasteiger partial charge >= 0.3 is 0 Å². The van der Waals surface area contributed by atoms with Gasteiger partial charge in [-0.2, -0.15) is 0 Å². The molecule has 0 aliphatic heterocycles. The second-order valence-electron chi connectivity index (χ2n) is 2.99. The molecule has 0 saturated heterocycles. The van der Waals surface area contributed by atoms with Gasteiger partial charge in [-0.05, 0) is 26.8 Å². The molecule has 12 heavy (non-hydrogen) atoms. The Balaban J connectivity index is 3.09. The molecule has 0 radical (unpaired) electrons. The number of aromatic nitrogens is 2. The van der Waals surface area contributed by atoms with E-state index < -0.39 is 0 Å². The molecule has 0 bridgehead atoms. The highest BCUT2D eigenvalue weighted by molar-refractivity contribution is 5.51. The summed E-state index contributed by atoms with van der Waals surface area (Å²) in [6, 6.07) is 1.76. The fraction of sp³-hybridized carbons (Fsp3) is 0.333. The summed E-state index contributed by atoms with van der Waals surface area (Å²) >= 11 is 0. The van der Waals surface area contributed by atoms with Crippen molar-refractivity contribution in [2.75, 3.05) is 5.73 Å². The van der Waals surface area contributed by atoms with Crippen molar-refractivity contribution >= 4 is 11.9 Å². The van der Waals surface area contributed by atoms with E-state index in [0.29, 0.717) is 11.6 Å². The molecule has 0 aliphatic carbocycles. The first-order valence-electron chi connectivity index (χ1n) is 3.84. The lowest BCUT2D eigenvalue weighted by Crippen LogP contribution is -1.96. The average Bonchev–Trinajstić information content (AvgIpc) is 1.81. The standard InChI is InChI=1S/C9H13N3/c1-6(2)4-8-5-9(10)12-7(3)11-8/h4-5H,1-3H3,(H2,10,11,12). The summed E-state index contributed by atoms with van der Waals surface area (Å²) in [5.41, 5.74) is 7.63. The Hall–Kier alpha value is -1.38. The second kappa shape index (κ2) is 3.34. The number of rotatable bonds is 1. The third kappa shape index (κ3) is 2.34. The first-order valence-corrected chi connectivity index (χ1v) is 3.84. The number of allylic oxidation sites excluding steroid dienone is 1. The molecule has 1 heterocycles. The van der Waals surface area contributed by atoms with Crippen LogP contribution in [0.5, 0.6) is 0 Å². The summed E-state index contributed by atoms with van der Waals surface area (Å²) in [5, 5.41) is 0. The Morgan fingerprint density at radius 2 is 2.08 bits per heavy atom. The van der Waals surface area contributed by atoms with E-state index in [1.807, 2.05) is 26.8 Å². The Bertz CT molecular complexity index is 291. The minimum Gasteiger partial charge on any atom is -0.384 e. The topological polar surface area (TPSA) is 51.8 Å². The van der Waals surface area contributed by atoms with Gasteiger partial charge in [-0.1, -0.05) is 5.57 Å². The summed E-state index contributed by atoms with van der Waals surface area (Å²) in [5.74, 6) is 1.23. The second-order valence-corrected chi connectivity index (χ2v) is 2.99. The van der Waals surface area contributed by atoms with Crippen LogP contribution in [-0.4, -0.2) is 9.97 Å². The molecular weight excluding hydrogens is 150 g/mol. The Morgan fingerprint density at radius 3 is 2.58 bits per heavy atom. The van der Waals surface area contributed by atoms with E-state index in [1.54, 1.807) is 6.07 Å². The van der Waals surface area contributed by atoms with E-state index in [-0.39, 0.29) is 0 Å². The van der Waals surface area contributed by atoms with Crippen molar-refractivity contribution in [2.45, 2.75) is 20.8 Å². The minimum absolute atomic E-state index is 0.523. The van der Waals surface area contributed by atoms with E-state index in [2.05, 4.69) is 9.97 Å². The van der Waals surface area contributed by atoms with E-state index in [4.69, 9.17) is 5.73 Å². The van der Waals surface area contributed by atoms with Crippen molar-refractivity contribution in [1.82, 2.24) is 9.97 Å². The summed E-state index contributed by atoms with van der Waals surface area (Å²) in [6.07, 6.45) is 1.98. The lowest BCUT2D eigenvalue weighted by molar-refractivity contribution is 1.05. The highest BCUT2D eigenvalue weighted by atomic mass is 14.9. The summed E-state index contributed by atoms with van der Waals surface area (Å²) in [7, 11) is 0. The number of aryl methyl sites for hydroxylation is 1. The van der Waals surface area contributed by atoms with Gasteiger partial charge < -0.3 is 5.73 Å². The SMILES string of the molecule is CC(C)=Cc1cc(N)nc(C)n1. The summed E-state index contributed by atoms with van der Waals surface area (Å²) in [6.45, 7) is 5.87. The molecule has 64 valence electrons. The van der Waals surface area contributed by atoms with Crippen LogP contribution >= 0.6 is 0 Å². The van der Waals surface area contributed by atoms with Crippen LogP contribution in [0, 0.1) is 6.92 Å². The van der Waals surface area contributed by atoms with Crippen molar-refractivity contribution in [1.29, 1.82) is 0 Å². The van der Waals surface area contributed by atoms with Crippen LogP contribution in [0.15, 0.2) is 11.6 Å². The van der Waals surface area contributed by atoms with E-state index in [9.17, 15) is 0 Å². The van der Waals surface area contributed by atoms with Gasteiger partial charge in [0.25, 0.3) is 0 Å². The molecule has 3 heteroatoms. The van der Waals surface area contributed by atoms with E-state index in [0.717, 1.165) is 5.69 Å². The van der Waals surface area contributed by atoms with Gasteiger partial charge in [0, 0.05) is 6.07 Å². The number of nitrogen functional groups attached to an aromatic ring is 1. The van der Waals surface area contributed by atoms with Crippen LogP contribution in [0.25, 0.3) is 6.08 Å². The quantitative estimate of drug-likeness (QED) is 0.686. The van der Waals surface area contributed by atoms with Crippen LogP contribution in [0.3, 0.4) is 0 Å². The maximum Gasteiger partial charge on any atom is 0.128 e. The minimum atomic E-state index is 0.523. The van der Waals surface area contributed by atoms with Crippen molar-refractivity contribution in [3.8, 4) is 0 Å². The molecule has 2 N–H and O–H groups in total. The van der Waals surface area contributed by atoms with Gasteiger partial charge in [0.2, 0.25) is 0 Å². The maximum absolute atomic E-state index is 5.55. The monoisotopic (exact) mass is 163 g/mol. The molecule has 0 spiro atoms. The van der Waals surface area contributed by atoms with Gasteiger partial charge in [0.15, 0.2) is 0 Å². The number of nitrogens with zero attached hydrogens (tertiary/aromatic N) is 2. The van der Waals surface area contributed by atoms with E-state index in [1.165, 1.54) is 5.57 Å². The smallest absolute Gasteiger partial charge is 0.128 e. The molecule has 1 aromatic rings. The molecule has 0 aliphatic rings. The van der Waals surface area contributed by atoms with Crippen LogP contribution in [0.2, 0.25) is 0 Å². The number of nitrogens with two attached hydrogens (primary N) is 1. The molecule has 0 atom stereocenters. The molecule has 0 fully saturated rings. The van der Waals surface area contributed by atoms with Gasteiger partial charge in [0.05, 0.1) is 5.69 Å². The molecule has 0 aromatic carbocycles. The molecular formula is C9H13N3. The molecule has 1 rings (SSSR count). The summed E-state index contributed by atoms with van der Waals surface area (Å²) < 4.78 is 0. The molecule has 0 amide bonds. The van der Waals surface area contributed by atoms with Crippen LogP contribution in [0.4, 0.5) is 5.82 Å². The van der Waals surface area contributed by atoms with Crippen molar-refractivity contribution < 1.29 is 0 Å². The average molecular weight is 163 g/mol. The fourth-order valence-electron chi connectivity index (χ4n) is 0.984.